The van der Waals surface area contributed by atoms with Crippen LogP contribution in [0.15, 0.2) is 35.9 Å². The summed E-state index contributed by atoms with van der Waals surface area (Å²) in [6, 6.07) is 7.07. The highest BCUT2D eigenvalue weighted by Gasteiger charge is 2.08. The second-order valence-corrected chi connectivity index (χ2v) is 5.42. The van der Waals surface area contributed by atoms with Gasteiger partial charge in [-0.05, 0) is 44.7 Å². The third-order valence-electron chi connectivity index (χ3n) is 3.06. The summed E-state index contributed by atoms with van der Waals surface area (Å²) in [7, 11) is 0. The summed E-state index contributed by atoms with van der Waals surface area (Å²) in [4.78, 5) is 25.1. The molecule has 0 fully saturated rings. The van der Waals surface area contributed by atoms with E-state index in [4.69, 9.17) is 0 Å². The van der Waals surface area contributed by atoms with Crippen molar-refractivity contribution in [1.29, 1.82) is 0 Å². The number of amides is 2. The number of rotatable bonds is 7. The molecule has 0 atom stereocenters. The van der Waals surface area contributed by atoms with Crippen molar-refractivity contribution in [2.45, 2.75) is 27.7 Å². The van der Waals surface area contributed by atoms with Crippen LogP contribution in [-0.4, -0.2) is 36.3 Å². The third-order valence-corrected chi connectivity index (χ3v) is 3.06. The maximum Gasteiger partial charge on any atom is 0.238 e. The zero-order chi connectivity index (χ0) is 16.5. The van der Waals surface area contributed by atoms with Gasteiger partial charge in [0.2, 0.25) is 11.8 Å². The average molecular weight is 303 g/mol. The number of nitrogens with one attached hydrogen (secondary N) is 2. The lowest BCUT2D eigenvalue weighted by Crippen LogP contribution is -2.33. The minimum absolute atomic E-state index is 0.0451. The van der Waals surface area contributed by atoms with E-state index in [2.05, 4.69) is 21.6 Å². The Morgan fingerprint density at radius 3 is 2.05 bits per heavy atom. The molecule has 0 heterocycles. The van der Waals surface area contributed by atoms with Crippen LogP contribution in [0.4, 0.5) is 11.4 Å². The highest BCUT2D eigenvalue weighted by atomic mass is 16.2. The predicted molar refractivity (Wildman–Crippen MR) is 90.9 cm³/mol. The van der Waals surface area contributed by atoms with Crippen molar-refractivity contribution in [2.75, 3.05) is 30.3 Å². The van der Waals surface area contributed by atoms with E-state index in [-0.39, 0.29) is 11.8 Å². The van der Waals surface area contributed by atoms with Crippen molar-refractivity contribution in [2.24, 2.45) is 0 Å². The molecule has 0 unspecified atom stereocenters. The van der Waals surface area contributed by atoms with Crippen molar-refractivity contribution in [1.82, 2.24) is 4.90 Å². The van der Waals surface area contributed by atoms with Crippen LogP contribution < -0.4 is 10.6 Å². The molecular weight excluding hydrogens is 278 g/mol. The maximum atomic E-state index is 12.0. The van der Waals surface area contributed by atoms with E-state index < -0.39 is 0 Å². The van der Waals surface area contributed by atoms with Crippen molar-refractivity contribution >= 4 is 23.2 Å². The van der Waals surface area contributed by atoms with E-state index in [0.717, 1.165) is 18.8 Å². The summed E-state index contributed by atoms with van der Waals surface area (Å²) in [6.07, 6.45) is 2.11. The Bertz CT molecular complexity index is 531. The van der Waals surface area contributed by atoms with Gasteiger partial charge in [0, 0.05) is 24.8 Å². The number of carbonyl (C=O) groups is 2. The van der Waals surface area contributed by atoms with Crippen LogP contribution in [0.2, 0.25) is 0 Å². The Balaban J connectivity index is 2.53. The first kappa shape index (κ1) is 17.9. The minimum atomic E-state index is -0.116. The van der Waals surface area contributed by atoms with E-state index in [1.54, 1.807) is 24.3 Å². The fourth-order valence-corrected chi connectivity index (χ4v) is 1.86. The Kier molecular flexibility index (Phi) is 7.32. The van der Waals surface area contributed by atoms with Gasteiger partial charge in [0.05, 0.1) is 6.54 Å². The summed E-state index contributed by atoms with van der Waals surface area (Å²) in [6.45, 7) is 9.53. The fraction of sp³-hybridized carbons (Fsp3) is 0.412. The standard InChI is InChI=1S/C17H25N3O2/c1-5-20(11-10-13(2)3)12-17(22)19-16-8-6-15(7-9-16)18-14(4)21/h6-10H,5,11-12H2,1-4H3,(H,18,21)(H,19,22). The molecule has 5 heteroatoms. The van der Waals surface area contributed by atoms with Crippen LogP contribution in [0, 0.1) is 0 Å². The average Bonchev–Trinajstić information content (AvgIpc) is 2.44. The minimum Gasteiger partial charge on any atom is -0.326 e. The van der Waals surface area contributed by atoms with Crippen LogP contribution in [0.25, 0.3) is 0 Å². The van der Waals surface area contributed by atoms with Gasteiger partial charge in [0.15, 0.2) is 0 Å². The summed E-state index contributed by atoms with van der Waals surface area (Å²) in [5.41, 5.74) is 2.68. The Morgan fingerprint density at radius 2 is 1.59 bits per heavy atom. The second kappa shape index (κ2) is 9.00. The van der Waals surface area contributed by atoms with Crippen molar-refractivity contribution in [3.05, 3.63) is 35.9 Å². The van der Waals surface area contributed by atoms with Crippen LogP contribution in [0.3, 0.4) is 0 Å². The van der Waals surface area contributed by atoms with Gasteiger partial charge in [-0.2, -0.15) is 0 Å². The van der Waals surface area contributed by atoms with Crippen molar-refractivity contribution in [3.8, 4) is 0 Å². The summed E-state index contributed by atoms with van der Waals surface area (Å²) in [5.74, 6) is -0.161. The van der Waals surface area contributed by atoms with Crippen LogP contribution in [0.1, 0.15) is 27.7 Å². The van der Waals surface area contributed by atoms with Crippen molar-refractivity contribution in [3.63, 3.8) is 0 Å². The zero-order valence-electron chi connectivity index (χ0n) is 13.8. The highest BCUT2D eigenvalue weighted by Crippen LogP contribution is 2.13. The number of hydrogen-bond donors (Lipinski definition) is 2. The molecule has 0 aliphatic heterocycles. The van der Waals surface area contributed by atoms with E-state index in [1.807, 2.05) is 20.8 Å². The topological polar surface area (TPSA) is 61.4 Å². The van der Waals surface area contributed by atoms with Crippen LogP contribution in [0.5, 0.6) is 0 Å². The lowest BCUT2D eigenvalue weighted by Gasteiger charge is -2.18. The lowest BCUT2D eigenvalue weighted by atomic mass is 10.2. The van der Waals surface area contributed by atoms with Gasteiger partial charge < -0.3 is 10.6 Å². The van der Waals surface area contributed by atoms with Gasteiger partial charge in [-0.15, -0.1) is 0 Å². The van der Waals surface area contributed by atoms with Gasteiger partial charge in [0.1, 0.15) is 0 Å². The van der Waals surface area contributed by atoms with Gasteiger partial charge in [0.25, 0.3) is 0 Å². The molecule has 0 aliphatic carbocycles. The molecule has 0 radical (unpaired) electrons. The molecule has 1 aromatic carbocycles. The van der Waals surface area contributed by atoms with Crippen molar-refractivity contribution < 1.29 is 9.59 Å². The summed E-state index contributed by atoms with van der Waals surface area (Å²) in [5, 5.41) is 5.55. The molecule has 2 amide bonds. The molecule has 120 valence electrons. The SMILES string of the molecule is CCN(CC=C(C)C)CC(=O)Nc1ccc(NC(C)=O)cc1. The van der Waals surface area contributed by atoms with E-state index >= 15 is 0 Å². The van der Waals surface area contributed by atoms with E-state index in [0.29, 0.717) is 12.2 Å². The number of carbonyl (C=O) groups excluding carboxylic acids is 2. The molecule has 1 rings (SSSR count). The quantitative estimate of drug-likeness (QED) is 0.761. The number of allylic oxidation sites excluding steroid dienone is 1. The molecule has 0 spiro atoms. The smallest absolute Gasteiger partial charge is 0.238 e. The number of benzene rings is 1. The van der Waals surface area contributed by atoms with E-state index in [9.17, 15) is 9.59 Å². The molecule has 22 heavy (non-hydrogen) atoms. The zero-order valence-corrected chi connectivity index (χ0v) is 13.8. The van der Waals surface area contributed by atoms with Crippen LogP contribution >= 0.6 is 0 Å². The molecular formula is C17H25N3O2. The lowest BCUT2D eigenvalue weighted by molar-refractivity contribution is -0.117. The summed E-state index contributed by atoms with van der Waals surface area (Å²) < 4.78 is 0. The molecule has 5 nitrogen and oxygen atoms in total. The number of hydrogen-bond acceptors (Lipinski definition) is 3. The molecule has 1 aromatic rings. The largest absolute Gasteiger partial charge is 0.326 e. The predicted octanol–water partition coefficient (Wildman–Crippen LogP) is 2.87. The first-order chi connectivity index (χ1) is 10.4. The van der Waals surface area contributed by atoms with Gasteiger partial charge in [-0.1, -0.05) is 18.6 Å². The number of likely N-dealkylation sites (N-methyl/N-ethyl adjacent to an activating group) is 1. The number of anilines is 2. The third kappa shape index (κ3) is 7.04. The Labute approximate surface area is 132 Å². The molecule has 2 N–H and O–H groups in total. The van der Waals surface area contributed by atoms with Gasteiger partial charge in [-0.3, -0.25) is 14.5 Å². The first-order valence-electron chi connectivity index (χ1n) is 7.44. The Morgan fingerprint density at radius 1 is 1.05 bits per heavy atom. The van der Waals surface area contributed by atoms with Crippen LogP contribution in [-0.2, 0) is 9.59 Å². The molecule has 0 saturated carbocycles. The maximum absolute atomic E-state index is 12.0. The van der Waals surface area contributed by atoms with Gasteiger partial charge >= 0.3 is 0 Å². The summed E-state index contributed by atoms with van der Waals surface area (Å²) >= 11 is 0. The Hall–Kier alpha value is -2.14. The monoisotopic (exact) mass is 303 g/mol. The first-order valence-corrected chi connectivity index (χ1v) is 7.44. The van der Waals surface area contributed by atoms with E-state index in [1.165, 1.54) is 12.5 Å². The fourth-order valence-electron chi connectivity index (χ4n) is 1.86. The number of nitrogens with zero attached hydrogens (tertiary/aromatic N) is 1. The van der Waals surface area contributed by atoms with Gasteiger partial charge in [-0.25, -0.2) is 0 Å². The molecule has 0 bridgehead atoms. The molecule has 0 aliphatic rings. The second-order valence-electron chi connectivity index (χ2n) is 5.42. The molecule has 0 saturated heterocycles. The normalized spacial score (nSPS) is 10.2. The highest BCUT2D eigenvalue weighted by molar-refractivity contribution is 5.93. The molecule has 0 aromatic heterocycles.